The largest absolute Gasteiger partial charge is 0.307 e. The molecule has 0 amide bonds. The maximum atomic E-state index is 5.95. The Hall–Kier alpha value is -0.240. The lowest BCUT2D eigenvalue weighted by molar-refractivity contribution is 0.185. The molecule has 1 N–H and O–H groups in total. The summed E-state index contributed by atoms with van der Waals surface area (Å²) >= 11 is 5.95. The molecule has 1 aromatic carbocycles. The van der Waals surface area contributed by atoms with Gasteiger partial charge in [0.2, 0.25) is 0 Å². The fourth-order valence-corrected chi connectivity index (χ4v) is 2.70. The molecule has 18 heavy (non-hydrogen) atoms. The third-order valence-corrected chi connectivity index (χ3v) is 4.10. The number of unbranched alkanes of at least 4 members (excludes halogenated alkanes) is 2. The Labute approximate surface area is 122 Å². The number of benzene rings is 1. The molecule has 1 aliphatic carbocycles. The van der Waals surface area contributed by atoms with Crippen molar-refractivity contribution in [2.75, 3.05) is 6.54 Å². The van der Waals surface area contributed by atoms with Crippen LogP contribution in [0, 0.1) is 0 Å². The van der Waals surface area contributed by atoms with Gasteiger partial charge in [-0.1, -0.05) is 43.5 Å². The third kappa shape index (κ3) is 3.63. The molecular formula is C15H23Cl2N. The van der Waals surface area contributed by atoms with Crippen LogP contribution in [-0.4, -0.2) is 6.54 Å². The van der Waals surface area contributed by atoms with Crippen LogP contribution in [0.2, 0.25) is 5.02 Å². The van der Waals surface area contributed by atoms with Gasteiger partial charge in [0, 0.05) is 10.6 Å². The van der Waals surface area contributed by atoms with Crippen molar-refractivity contribution in [3.05, 3.63) is 34.9 Å². The van der Waals surface area contributed by atoms with Crippen molar-refractivity contribution in [1.29, 1.82) is 0 Å². The van der Waals surface area contributed by atoms with E-state index in [1.165, 1.54) is 44.1 Å². The summed E-state index contributed by atoms with van der Waals surface area (Å²) in [6, 6.07) is 8.36. The maximum absolute atomic E-state index is 5.95. The van der Waals surface area contributed by atoms with Gasteiger partial charge in [-0.05, 0) is 49.9 Å². The second-order valence-corrected chi connectivity index (χ2v) is 5.51. The number of hydrogen-bond donors (Lipinski definition) is 1. The van der Waals surface area contributed by atoms with E-state index in [9.17, 15) is 0 Å². The summed E-state index contributed by atoms with van der Waals surface area (Å²) in [6.07, 6.45) is 7.76. The monoisotopic (exact) mass is 287 g/mol. The lowest BCUT2D eigenvalue weighted by Crippen LogP contribution is -2.48. The van der Waals surface area contributed by atoms with Gasteiger partial charge in [0.15, 0.2) is 0 Å². The number of hydrogen-bond acceptors (Lipinski definition) is 1. The molecule has 3 heteroatoms. The minimum atomic E-state index is 0. The van der Waals surface area contributed by atoms with Gasteiger partial charge in [-0.15, -0.1) is 12.4 Å². The van der Waals surface area contributed by atoms with Gasteiger partial charge in [-0.2, -0.15) is 0 Å². The molecule has 1 aromatic rings. The summed E-state index contributed by atoms with van der Waals surface area (Å²) in [5, 5.41) is 4.59. The molecule has 102 valence electrons. The van der Waals surface area contributed by atoms with E-state index in [1.807, 2.05) is 12.1 Å². The molecule has 1 aliphatic rings. The summed E-state index contributed by atoms with van der Waals surface area (Å²) in [5.74, 6) is 0. The van der Waals surface area contributed by atoms with Crippen LogP contribution in [0.3, 0.4) is 0 Å². The molecule has 0 atom stereocenters. The molecule has 0 aromatic heterocycles. The van der Waals surface area contributed by atoms with Crippen LogP contribution in [-0.2, 0) is 5.54 Å². The highest BCUT2D eigenvalue weighted by atomic mass is 35.5. The average molecular weight is 288 g/mol. The minimum absolute atomic E-state index is 0. The van der Waals surface area contributed by atoms with Crippen LogP contribution < -0.4 is 5.32 Å². The molecule has 0 aliphatic heterocycles. The Morgan fingerprint density at radius 3 is 2.33 bits per heavy atom. The molecule has 2 rings (SSSR count). The lowest BCUT2D eigenvalue weighted by atomic mass is 9.72. The fourth-order valence-electron chi connectivity index (χ4n) is 2.57. The Morgan fingerprint density at radius 2 is 1.83 bits per heavy atom. The van der Waals surface area contributed by atoms with Crippen LogP contribution in [0.4, 0.5) is 0 Å². The highest BCUT2D eigenvalue weighted by Crippen LogP contribution is 2.41. The Bertz CT molecular complexity index is 344. The molecule has 0 unspecified atom stereocenters. The Kier molecular flexibility index (Phi) is 6.48. The highest BCUT2D eigenvalue weighted by Gasteiger charge is 2.37. The van der Waals surface area contributed by atoms with E-state index in [-0.39, 0.29) is 17.9 Å². The molecule has 1 nitrogen and oxygen atoms in total. The first-order chi connectivity index (χ1) is 8.27. The topological polar surface area (TPSA) is 12.0 Å². The quantitative estimate of drug-likeness (QED) is 0.732. The molecule has 0 bridgehead atoms. The van der Waals surface area contributed by atoms with Crippen molar-refractivity contribution in [3.63, 3.8) is 0 Å². The van der Waals surface area contributed by atoms with E-state index in [4.69, 9.17) is 11.6 Å². The first kappa shape index (κ1) is 15.8. The second-order valence-electron chi connectivity index (χ2n) is 5.08. The average Bonchev–Trinajstić information content (AvgIpc) is 2.29. The van der Waals surface area contributed by atoms with E-state index in [2.05, 4.69) is 24.4 Å². The number of halogens is 2. The highest BCUT2D eigenvalue weighted by molar-refractivity contribution is 6.30. The summed E-state index contributed by atoms with van der Waals surface area (Å²) in [6.45, 7) is 3.38. The molecule has 1 fully saturated rings. The molecule has 0 heterocycles. The second kappa shape index (κ2) is 7.37. The zero-order valence-corrected chi connectivity index (χ0v) is 12.6. The van der Waals surface area contributed by atoms with E-state index in [0.29, 0.717) is 0 Å². The fraction of sp³-hybridized carbons (Fsp3) is 0.600. The van der Waals surface area contributed by atoms with Crippen LogP contribution in [0.25, 0.3) is 0 Å². The van der Waals surface area contributed by atoms with Crippen molar-refractivity contribution in [2.24, 2.45) is 0 Å². The van der Waals surface area contributed by atoms with E-state index in [0.717, 1.165) is 11.6 Å². The minimum Gasteiger partial charge on any atom is -0.307 e. The molecular weight excluding hydrogens is 265 g/mol. The third-order valence-electron chi connectivity index (χ3n) is 3.85. The molecule has 1 saturated carbocycles. The van der Waals surface area contributed by atoms with Crippen molar-refractivity contribution < 1.29 is 0 Å². The summed E-state index contributed by atoms with van der Waals surface area (Å²) in [7, 11) is 0. The van der Waals surface area contributed by atoms with Crippen LogP contribution in [0.5, 0.6) is 0 Å². The van der Waals surface area contributed by atoms with Crippen LogP contribution in [0.1, 0.15) is 51.0 Å². The Balaban J connectivity index is 0.00000162. The van der Waals surface area contributed by atoms with E-state index < -0.39 is 0 Å². The van der Waals surface area contributed by atoms with Gasteiger partial charge in [0.25, 0.3) is 0 Å². The van der Waals surface area contributed by atoms with Crippen LogP contribution >= 0.6 is 24.0 Å². The van der Waals surface area contributed by atoms with Gasteiger partial charge in [-0.25, -0.2) is 0 Å². The van der Waals surface area contributed by atoms with Gasteiger partial charge in [0.05, 0.1) is 0 Å². The first-order valence-electron chi connectivity index (χ1n) is 6.78. The predicted molar refractivity (Wildman–Crippen MR) is 81.8 cm³/mol. The maximum Gasteiger partial charge on any atom is 0.0434 e. The normalized spacial score (nSPS) is 16.8. The number of nitrogens with one attached hydrogen (secondary N) is 1. The van der Waals surface area contributed by atoms with Crippen LogP contribution in [0.15, 0.2) is 24.3 Å². The van der Waals surface area contributed by atoms with Crippen molar-refractivity contribution in [2.45, 2.75) is 51.0 Å². The van der Waals surface area contributed by atoms with Gasteiger partial charge in [0.1, 0.15) is 0 Å². The zero-order chi connectivity index (χ0) is 12.1. The summed E-state index contributed by atoms with van der Waals surface area (Å²) in [5.41, 5.74) is 1.66. The predicted octanol–water partition coefficient (Wildman–Crippen LogP) is 4.92. The first-order valence-corrected chi connectivity index (χ1v) is 7.16. The van der Waals surface area contributed by atoms with Gasteiger partial charge in [-0.3, -0.25) is 0 Å². The molecule has 0 radical (unpaired) electrons. The van der Waals surface area contributed by atoms with E-state index >= 15 is 0 Å². The lowest BCUT2D eigenvalue weighted by Gasteiger charge is -2.43. The molecule has 0 saturated heterocycles. The van der Waals surface area contributed by atoms with E-state index in [1.54, 1.807) is 0 Å². The standard InChI is InChI=1S/C15H22ClN.ClH/c1-2-3-4-12-17-15(10-5-11-15)13-6-8-14(16)9-7-13;/h6-9,17H,2-5,10-12H2,1H3;1H. The number of rotatable bonds is 6. The molecule has 0 spiro atoms. The van der Waals surface area contributed by atoms with Crippen molar-refractivity contribution in [3.8, 4) is 0 Å². The van der Waals surface area contributed by atoms with Gasteiger partial charge < -0.3 is 5.32 Å². The summed E-state index contributed by atoms with van der Waals surface area (Å²) in [4.78, 5) is 0. The summed E-state index contributed by atoms with van der Waals surface area (Å²) < 4.78 is 0. The Morgan fingerprint density at radius 1 is 1.17 bits per heavy atom. The SMILES string of the molecule is CCCCCNC1(c2ccc(Cl)cc2)CCC1.Cl. The zero-order valence-electron chi connectivity index (χ0n) is 11.0. The van der Waals surface area contributed by atoms with Crippen molar-refractivity contribution >= 4 is 24.0 Å². The smallest absolute Gasteiger partial charge is 0.0434 e. The van der Waals surface area contributed by atoms with Gasteiger partial charge >= 0.3 is 0 Å². The van der Waals surface area contributed by atoms with Crippen molar-refractivity contribution in [1.82, 2.24) is 5.32 Å².